The van der Waals surface area contributed by atoms with Crippen molar-refractivity contribution in [1.82, 2.24) is 9.78 Å². The van der Waals surface area contributed by atoms with E-state index in [1.807, 2.05) is 48.5 Å². The number of carbonyl (C=O) groups is 1. The summed E-state index contributed by atoms with van der Waals surface area (Å²) >= 11 is 3.48. The van der Waals surface area contributed by atoms with Crippen LogP contribution >= 0.6 is 15.9 Å². The molecule has 0 bridgehead atoms. The molecular weight excluding hydrogens is 527 g/mol. The van der Waals surface area contributed by atoms with Crippen molar-refractivity contribution in [3.63, 3.8) is 0 Å². The third-order valence-corrected chi connectivity index (χ3v) is 6.42. The van der Waals surface area contributed by atoms with Gasteiger partial charge in [0.15, 0.2) is 11.5 Å². The Hall–Kier alpha value is -4.11. The molecule has 0 fully saturated rings. The van der Waals surface area contributed by atoms with Crippen LogP contribution in [0.5, 0.6) is 11.5 Å². The molecule has 1 unspecified atom stereocenters. The number of aromatic nitrogens is 2. The van der Waals surface area contributed by atoms with E-state index in [4.69, 9.17) is 9.47 Å². The summed E-state index contributed by atoms with van der Waals surface area (Å²) in [5, 5.41) is 10.7. The van der Waals surface area contributed by atoms with Crippen LogP contribution in [0.4, 0.5) is 15.9 Å². The van der Waals surface area contributed by atoms with Crippen LogP contribution in [-0.2, 0) is 0 Å². The molecule has 1 aliphatic heterocycles. The van der Waals surface area contributed by atoms with Crippen LogP contribution in [0.15, 0.2) is 83.5 Å². The molecule has 1 amide bonds. The quantitative estimate of drug-likeness (QED) is 0.304. The predicted octanol–water partition coefficient (Wildman–Crippen LogP) is 6.11. The number of anilines is 2. The number of halogens is 2. The van der Waals surface area contributed by atoms with Crippen LogP contribution in [0.25, 0.3) is 5.70 Å². The summed E-state index contributed by atoms with van der Waals surface area (Å²) in [5.74, 6) is 0.942. The van der Waals surface area contributed by atoms with Crippen molar-refractivity contribution in [2.24, 2.45) is 0 Å². The molecule has 7 nitrogen and oxygen atoms in total. The topological polar surface area (TPSA) is 77.4 Å². The van der Waals surface area contributed by atoms with Gasteiger partial charge in [-0.3, -0.25) is 4.79 Å². The van der Waals surface area contributed by atoms with Gasteiger partial charge in [0.2, 0.25) is 0 Å². The molecule has 5 rings (SSSR count). The Morgan fingerprint density at radius 2 is 1.81 bits per heavy atom. The molecule has 2 N–H and O–H groups in total. The normalized spacial score (nSPS) is 14.3. The zero-order valence-corrected chi connectivity index (χ0v) is 21.0. The fraction of sp³-hybridized carbons (Fsp3) is 0.111. The van der Waals surface area contributed by atoms with Gasteiger partial charge in [0.05, 0.1) is 20.4 Å². The van der Waals surface area contributed by atoms with Crippen molar-refractivity contribution in [2.75, 3.05) is 24.9 Å². The van der Waals surface area contributed by atoms with Gasteiger partial charge in [-0.1, -0.05) is 40.2 Å². The number of ether oxygens (including phenoxy) is 2. The standard InChI is InChI=1S/C27H22BrFN4O3/c1-35-24-5-3-4-20(25(24)36-2)23-14-22(16-6-8-17(28)9-7-16)32-26-21(15-30-33(23)26)27(34)31-19-12-10-18(29)11-13-19/h3-15,23,32H,1-2H3,(H,31,34). The summed E-state index contributed by atoms with van der Waals surface area (Å²) in [7, 11) is 3.18. The zero-order valence-electron chi connectivity index (χ0n) is 19.5. The highest BCUT2D eigenvalue weighted by Gasteiger charge is 2.30. The molecule has 1 aromatic heterocycles. The van der Waals surface area contributed by atoms with Crippen LogP contribution < -0.4 is 20.1 Å². The predicted molar refractivity (Wildman–Crippen MR) is 140 cm³/mol. The maximum atomic E-state index is 13.3. The van der Waals surface area contributed by atoms with E-state index in [2.05, 4.69) is 31.7 Å². The van der Waals surface area contributed by atoms with Crippen molar-refractivity contribution in [3.8, 4) is 11.5 Å². The van der Waals surface area contributed by atoms with Gasteiger partial charge in [0.1, 0.15) is 23.2 Å². The fourth-order valence-corrected chi connectivity index (χ4v) is 4.42. The number of fused-ring (bicyclic) bond motifs is 1. The molecule has 2 heterocycles. The van der Waals surface area contributed by atoms with Crippen molar-refractivity contribution in [1.29, 1.82) is 0 Å². The number of hydrogen-bond donors (Lipinski definition) is 2. The lowest BCUT2D eigenvalue weighted by Gasteiger charge is -2.27. The minimum Gasteiger partial charge on any atom is -0.493 e. The number of rotatable bonds is 6. The van der Waals surface area contributed by atoms with Gasteiger partial charge in [-0.05, 0) is 54.1 Å². The van der Waals surface area contributed by atoms with Gasteiger partial charge < -0.3 is 20.1 Å². The Bertz CT molecular complexity index is 1450. The van der Waals surface area contributed by atoms with Crippen LogP contribution in [0, 0.1) is 5.82 Å². The number of methoxy groups -OCH3 is 2. The molecule has 0 saturated carbocycles. The lowest BCUT2D eigenvalue weighted by Crippen LogP contribution is -2.22. The Kier molecular flexibility index (Phi) is 6.47. The minimum atomic E-state index is -0.391. The van der Waals surface area contributed by atoms with Crippen LogP contribution in [0.3, 0.4) is 0 Å². The first-order valence-corrected chi connectivity index (χ1v) is 11.9. The molecule has 36 heavy (non-hydrogen) atoms. The van der Waals surface area contributed by atoms with Gasteiger partial charge in [0, 0.05) is 21.4 Å². The zero-order chi connectivity index (χ0) is 25.2. The molecular formula is C27H22BrFN4O3. The van der Waals surface area contributed by atoms with Gasteiger partial charge in [-0.25, -0.2) is 9.07 Å². The first-order valence-electron chi connectivity index (χ1n) is 11.1. The summed E-state index contributed by atoms with van der Waals surface area (Å²) in [5.41, 5.74) is 3.38. The molecule has 3 aromatic carbocycles. The Morgan fingerprint density at radius 3 is 2.50 bits per heavy atom. The smallest absolute Gasteiger partial charge is 0.261 e. The molecule has 0 spiro atoms. The lowest BCUT2D eigenvalue weighted by atomic mass is 9.99. The number of hydrogen-bond acceptors (Lipinski definition) is 5. The van der Waals surface area contributed by atoms with Crippen LogP contribution in [-0.4, -0.2) is 29.9 Å². The second kappa shape index (κ2) is 9.87. The van der Waals surface area contributed by atoms with Crippen LogP contribution in [0.1, 0.15) is 27.5 Å². The summed E-state index contributed by atoms with van der Waals surface area (Å²) in [6.45, 7) is 0. The summed E-state index contributed by atoms with van der Waals surface area (Å²) in [6.07, 6.45) is 3.54. The molecule has 0 saturated heterocycles. The third-order valence-electron chi connectivity index (χ3n) is 5.89. The summed E-state index contributed by atoms with van der Waals surface area (Å²) < 4.78 is 27.2. The highest BCUT2D eigenvalue weighted by Crippen LogP contribution is 2.42. The lowest BCUT2D eigenvalue weighted by molar-refractivity contribution is 0.102. The molecule has 4 aromatic rings. The minimum absolute atomic E-state index is 0.342. The Balaban J connectivity index is 1.60. The van der Waals surface area contributed by atoms with E-state index in [0.29, 0.717) is 28.6 Å². The molecule has 0 aliphatic carbocycles. The van der Waals surface area contributed by atoms with Gasteiger partial charge in [-0.15, -0.1) is 0 Å². The number of carbonyl (C=O) groups excluding carboxylic acids is 1. The van der Waals surface area contributed by atoms with E-state index in [1.165, 1.54) is 30.5 Å². The van der Waals surface area contributed by atoms with E-state index >= 15 is 0 Å². The Labute approximate surface area is 215 Å². The molecule has 1 atom stereocenters. The van der Waals surface area contributed by atoms with Gasteiger partial charge in [0.25, 0.3) is 5.91 Å². The first-order chi connectivity index (χ1) is 17.5. The number of allylic oxidation sites excluding steroid dienone is 1. The van der Waals surface area contributed by atoms with Crippen molar-refractivity contribution in [3.05, 3.63) is 106 Å². The molecule has 0 radical (unpaired) electrons. The van der Waals surface area contributed by atoms with Crippen molar-refractivity contribution in [2.45, 2.75) is 6.04 Å². The van der Waals surface area contributed by atoms with E-state index in [0.717, 1.165) is 21.3 Å². The summed E-state index contributed by atoms with van der Waals surface area (Å²) in [4.78, 5) is 13.2. The number of para-hydroxylation sites is 1. The van der Waals surface area contributed by atoms with E-state index in [-0.39, 0.29) is 11.7 Å². The van der Waals surface area contributed by atoms with Crippen molar-refractivity contribution < 1.29 is 18.7 Å². The largest absolute Gasteiger partial charge is 0.493 e. The SMILES string of the molecule is COc1cccc(C2C=C(c3ccc(Br)cc3)Nc3c(C(=O)Nc4ccc(F)cc4)cnn32)c1OC. The number of nitrogens with zero attached hydrogens (tertiary/aromatic N) is 2. The van der Waals surface area contributed by atoms with E-state index in [9.17, 15) is 9.18 Å². The number of benzene rings is 3. The van der Waals surface area contributed by atoms with Crippen LogP contribution in [0.2, 0.25) is 0 Å². The van der Waals surface area contributed by atoms with Crippen molar-refractivity contribution >= 4 is 39.0 Å². The average molecular weight is 549 g/mol. The second-order valence-electron chi connectivity index (χ2n) is 8.05. The monoisotopic (exact) mass is 548 g/mol. The van der Waals surface area contributed by atoms with E-state index < -0.39 is 6.04 Å². The maximum absolute atomic E-state index is 13.3. The Morgan fingerprint density at radius 1 is 1.06 bits per heavy atom. The maximum Gasteiger partial charge on any atom is 0.261 e. The van der Waals surface area contributed by atoms with E-state index in [1.54, 1.807) is 18.9 Å². The highest BCUT2D eigenvalue weighted by atomic mass is 79.9. The first kappa shape index (κ1) is 23.6. The molecule has 1 aliphatic rings. The number of nitrogens with one attached hydrogen (secondary N) is 2. The highest BCUT2D eigenvalue weighted by molar-refractivity contribution is 9.10. The summed E-state index contributed by atoms with van der Waals surface area (Å²) in [6, 6.07) is 18.7. The molecule has 9 heteroatoms. The average Bonchev–Trinajstić information content (AvgIpc) is 3.33. The fourth-order valence-electron chi connectivity index (χ4n) is 4.16. The van der Waals surface area contributed by atoms with Gasteiger partial charge in [-0.2, -0.15) is 5.10 Å². The second-order valence-corrected chi connectivity index (χ2v) is 8.97. The molecule has 182 valence electrons. The van der Waals surface area contributed by atoms with Gasteiger partial charge >= 0.3 is 0 Å². The third kappa shape index (κ3) is 4.45. The number of amides is 1.